The molecule has 0 radical (unpaired) electrons. The third kappa shape index (κ3) is 2.91. The van der Waals surface area contributed by atoms with E-state index in [1.807, 2.05) is 13.0 Å². The lowest BCUT2D eigenvalue weighted by Gasteiger charge is -2.05. The van der Waals surface area contributed by atoms with Crippen molar-refractivity contribution >= 4 is 16.2 Å². The topological polar surface area (TPSA) is 54.4 Å². The van der Waals surface area contributed by atoms with E-state index in [1.165, 1.54) is 12.1 Å². The van der Waals surface area contributed by atoms with Gasteiger partial charge in [-0.15, -0.1) is 0 Å². The van der Waals surface area contributed by atoms with Crippen LogP contribution in [0.15, 0.2) is 29.7 Å². The molecule has 3 nitrogen and oxygen atoms in total. The molecule has 0 aromatic heterocycles. The molecule has 0 atom stereocenters. The van der Waals surface area contributed by atoms with Crippen molar-refractivity contribution in [3.8, 4) is 0 Å². The van der Waals surface area contributed by atoms with Crippen LogP contribution in [0, 0.1) is 0 Å². The number of aryl methyl sites for hydroxylation is 1. The highest BCUT2D eigenvalue weighted by atomic mass is 32.2. The number of hydrogen-bond donors (Lipinski definition) is 1. The maximum Gasteiger partial charge on any atom is 0.295 e. The van der Waals surface area contributed by atoms with Crippen LogP contribution in [0.25, 0.3) is 6.08 Å². The molecule has 1 rings (SSSR count). The maximum absolute atomic E-state index is 11.1. The molecule has 15 heavy (non-hydrogen) atoms. The Labute approximate surface area is 90.2 Å². The normalized spacial score (nSPS) is 11.3. The molecule has 1 aromatic rings. The molecule has 4 heteroatoms. The summed E-state index contributed by atoms with van der Waals surface area (Å²) in [4.78, 5) is -0.0662. The monoisotopic (exact) mass is 226 g/mol. The van der Waals surface area contributed by atoms with E-state index >= 15 is 0 Å². The fraction of sp³-hybridized carbons (Fsp3) is 0.273. The van der Waals surface area contributed by atoms with Gasteiger partial charge < -0.3 is 0 Å². The van der Waals surface area contributed by atoms with Gasteiger partial charge in [0.15, 0.2) is 0 Å². The summed E-state index contributed by atoms with van der Waals surface area (Å²) in [6.45, 7) is 5.51. The summed E-state index contributed by atoms with van der Waals surface area (Å²) in [5, 5.41) is 0. The fourth-order valence-electron chi connectivity index (χ4n) is 1.41. The Bertz CT molecular complexity index is 461. The Morgan fingerprint density at radius 2 is 2.13 bits per heavy atom. The predicted molar refractivity (Wildman–Crippen MR) is 60.3 cm³/mol. The van der Waals surface area contributed by atoms with Crippen LogP contribution in [0.3, 0.4) is 0 Å². The Morgan fingerprint density at radius 1 is 1.47 bits per heavy atom. The van der Waals surface area contributed by atoms with Gasteiger partial charge in [-0.2, -0.15) is 8.42 Å². The molecule has 0 heterocycles. The van der Waals surface area contributed by atoms with Crippen LogP contribution in [0.4, 0.5) is 0 Å². The average molecular weight is 226 g/mol. The molecular formula is C11H14O3S. The fourth-order valence-corrected chi connectivity index (χ4v) is 2.16. The van der Waals surface area contributed by atoms with Gasteiger partial charge in [0, 0.05) is 0 Å². The Kier molecular flexibility index (Phi) is 3.66. The second-order valence-electron chi connectivity index (χ2n) is 3.30. The molecule has 0 bridgehead atoms. The lowest BCUT2D eigenvalue weighted by Crippen LogP contribution is -2.02. The van der Waals surface area contributed by atoms with E-state index in [0.29, 0.717) is 5.56 Å². The zero-order valence-electron chi connectivity index (χ0n) is 8.60. The van der Waals surface area contributed by atoms with E-state index < -0.39 is 10.1 Å². The third-order valence-electron chi connectivity index (χ3n) is 2.11. The molecule has 1 aromatic carbocycles. The highest BCUT2D eigenvalue weighted by Gasteiger charge is 2.13. The van der Waals surface area contributed by atoms with Crippen molar-refractivity contribution in [2.24, 2.45) is 0 Å². The standard InChI is InChI=1S/C11H14O3S/c1-3-5-9-6-7-10(4-2)11(8-9)15(12,13)14/h4,6-8H,2-3,5H2,1H3,(H,12,13,14). The zero-order valence-corrected chi connectivity index (χ0v) is 9.42. The maximum atomic E-state index is 11.1. The first-order chi connectivity index (χ1) is 6.99. The molecule has 0 fully saturated rings. The first-order valence-corrected chi connectivity index (χ1v) is 6.16. The summed E-state index contributed by atoms with van der Waals surface area (Å²) in [5.41, 5.74) is 1.33. The SMILES string of the molecule is C=Cc1ccc(CCC)cc1S(=O)(=O)O. The predicted octanol–water partition coefficient (Wildman–Crippen LogP) is 2.53. The molecular weight excluding hydrogens is 212 g/mol. The average Bonchev–Trinajstić information content (AvgIpc) is 2.17. The highest BCUT2D eigenvalue weighted by molar-refractivity contribution is 7.85. The molecule has 0 aliphatic heterocycles. The van der Waals surface area contributed by atoms with Gasteiger partial charge in [-0.1, -0.05) is 38.1 Å². The van der Waals surface area contributed by atoms with E-state index in [2.05, 4.69) is 6.58 Å². The van der Waals surface area contributed by atoms with Gasteiger partial charge in [-0.25, -0.2) is 0 Å². The lowest BCUT2D eigenvalue weighted by atomic mass is 10.1. The van der Waals surface area contributed by atoms with Gasteiger partial charge in [0.05, 0.1) is 0 Å². The molecule has 0 saturated carbocycles. The molecule has 0 unspecified atom stereocenters. The van der Waals surface area contributed by atoms with Crippen LogP contribution < -0.4 is 0 Å². The minimum Gasteiger partial charge on any atom is -0.282 e. The molecule has 1 N–H and O–H groups in total. The molecule has 82 valence electrons. The van der Waals surface area contributed by atoms with Gasteiger partial charge in [0.25, 0.3) is 10.1 Å². The Balaban J connectivity index is 3.32. The van der Waals surface area contributed by atoms with Crippen molar-refractivity contribution in [3.63, 3.8) is 0 Å². The van der Waals surface area contributed by atoms with Crippen LogP contribution in [0.5, 0.6) is 0 Å². The van der Waals surface area contributed by atoms with Gasteiger partial charge in [0.2, 0.25) is 0 Å². The van der Waals surface area contributed by atoms with Crippen molar-refractivity contribution < 1.29 is 13.0 Å². The molecule has 0 aliphatic carbocycles. The molecule has 0 spiro atoms. The summed E-state index contributed by atoms with van der Waals surface area (Å²) in [6, 6.07) is 4.99. The van der Waals surface area contributed by atoms with E-state index in [9.17, 15) is 8.42 Å². The summed E-state index contributed by atoms with van der Waals surface area (Å²) in [5.74, 6) is 0. The third-order valence-corrected chi connectivity index (χ3v) is 3.02. The van der Waals surface area contributed by atoms with E-state index in [1.54, 1.807) is 6.07 Å². The lowest BCUT2D eigenvalue weighted by molar-refractivity contribution is 0.483. The zero-order chi connectivity index (χ0) is 11.5. The second-order valence-corrected chi connectivity index (χ2v) is 4.69. The van der Waals surface area contributed by atoms with Gasteiger partial charge in [0.1, 0.15) is 4.90 Å². The van der Waals surface area contributed by atoms with Gasteiger partial charge in [-0.3, -0.25) is 4.55 Å². The number of benzene rings is 1. The minimum atomic E-state index is -4.16. The van der Waals surface area contributed by atoms with Crippen molar-refractivity contribution in [1.29, 1.82) is 0 Å². The van der Waals surface area contributed by atoms with Crippen molar-refractivity contribution in [2.75, 3.05) is 0 Å². The number of hydrogen-bond acceptors (Lipinski definition) is 2. The van der Waals surface area contributed by atoms with Crippen LogP contribution in [-0.4, -0.2) is 13.0 Å². The Hall–Kier alpha value is -1.13. The van der Waals surface area contributed by atoms with Crippen LogP contribution in [0.1, 0.15) is 24.5 Å². The Morgan fingerprint density at radius 3 is 2.60 bits per heavy atom. The number of rotatable bonds is 4. The minimum absolute atomic E-state index is 0.0662. The molecule has 0 aliphatic rings. The van der Waals surface area contributed by atoms with Gasteiger partial charge >= 0.3 is 0 Å². The van der Waals surface area contributed by atoms with Crippen molar-refractivity contribution in [2.45, 2.75) is 24.7 Å². The summed E-state index contributed by atoms with van der Waals surface area (Å²) >= 11 is 0. The van der Waals surface area contributed by atoms with Gasteiger partial charge in [-0.05, 0) is 23.6 Å². The largest absolute Gasteiger partial charge is 0.295 e. The quantitative estimate of drug-likeness (QED) is 0.803. The molecule has 0 saturated heterocycles. The van der Waals surface area contributed by atoms with Crippen molar-refractivity contribution in [1.82, 2.24) is 0 Å². The molecule has 0 amide bonds. The summed E-state index contributed by atoms with van der Waals surface area (Å²) in [6.07, 6.45) is 3.14. The van der Waals surface area contributed by atoms with E-state index in [0.717, 1.165) is 18.4 Å². The van der Waals surface area contributed by atoms with E-state index in [-0.39, 0.29) is 4.90 Å². The highest BCUT2D eigenvalue weighted by Crippen LogP contribution is 2.19. The van der Waals surface area contributed by atoms with Crippen LogP contribution >= 0.6 is 0 Å². The summed E-state index contributed by atoms with van der Waals surface area (Å²) in [7, 11) is -4.16. The second kappa shape index (κ2) is 4.59. The summed E-state index contributed by atoms with van der Waals surface area (Å²) < 4.78 is 31.2. The van der Waals surface area contributed by atoms with Crippen LogP contribution in [-0.2, 0) is 16.5 Å². The van der Waals surface area contributed by atoms with E-state index in [4.69, 9.17) is 4.55 Å². The first kappa shape index (κ1) is 11.9. The van der Waals surface area contributed by atoms with Crippen LogP contribution in [0.2, 0.25) is 0 Å². The smallest absolute Gasteiger partial charge is 0.282 e. The first-order valence-electron chi connectivity index (χ1n) is 4.72. The van der Waals surface area contributed by atoms with Crippen molar-refractivity contribution in [3.05, 3.63) is 35.9 Å².